The molecule has 0 atom stereocenters. The van der Waals surface area contributed by atoms with Crippen molar-refractivity contribution in [1.29, 1.82) is 0 Å². The van der Waals surface area contributed by atoms with Gasteiger partial charge in [-0.1, -0.05) is 42.1 Å². The highest BCUT2D eigenvalue weighted by Crippen LogP contribution is 2.43. The monoisotopic (exact) mass is 499 g/mol. The average molecular weight is 500 g/mol. The number of amidine groups is 1. The van der Waals surface area contributed by atoms with Crippen LogP contribution in [0.25, 0.3) is 0 Å². The normalized spacial score (nSPS) is 13.1. The number of hydrogen-bond donors (Lipinski definition) is 1. The SMILES string of the molecule is NC(=NN=Cc1cc(Br)c(OC(F)(F)F)c(C(F)(F)F)c1)SCc1ccccc1. The molecule has 0 bridgehead atoms. The fraction of sp³-hybridized carbons (Fsp3) is 0.176. The van der Waals surface area contributed by atoms with Gasteiger partial charge in [0.05, 0.1) is 16.3 Å². The molecule has 0 aliphatic rings. The Bertz CT molecular complexity index is 901. The van der Waals surface area contributed by atoms with Crippen LogP contribution in [0.15, 0.2) is 57.1 Å². The quantitative estimate of drug-likeness (QED) is 0.239. The highest BCUT2D eigenvalue weighted by atomic mass is 79.9. The lowest BCUT2D eigenvalue weighted by atomic mass is 10.1. The molecule has 0 aliphatic carbocycles. The highest BCUT2D eigenvalue weighted by Gasteiger charge is 2.40. The molecule has 2 N–H and O–H groups in total. The maximum absolute atomic E-state index is 13.1. The van der Waals surface area contributed by atoms with Gasteiger partial charge in [-0.05, 0) is 39.2 Å². The van der Waals surface area contributed by atoms with E-state index in [1.165, 1.54) is 0 Å². The summed E-state index contributed by atoms with van der Waals surface area (Å²) < 4.78 is 79.6. The second-order valence-electron chi connectivity index (χ2n) is 5.38. The first-order chi connectivity index (χ1) is 13.5. The van der Waals surface area contributed by atoms with Gasteiger partial charge in [0.15, 0.2) is 10.9 Å². The minimum Gasteiger partial charge on any atom is -0.404 e. The molecule has 0 aliphatic heterocycles. The first-order valence-corrected chi connectivity index (χ1v) is 9.43. The second kappa shape index (κ2) is 9.53. The van der Waals surface area contributed by atoms with Crippen LogP contribution in [0, 0.1) is 0 Å². The Balaban J connectivity index is 2.18. The fourth-order valence-corrected chi connectivity index (χ4v) is 3.20. The van der Waals surface area contributed by atoms with Gasteiger partial charge in [0.25, 0.3) is 0 Å². The van der Waals surface area contributed by atoms with Crippen LogP contribution >= 0.6 is 27.7 Å². The molecule has 0 saturated heterocycles. The summed E-state index contributed by atoms with van der Waals surface area (Å²) in [4.78, 5) is 0. The van der Waals surface area contributed by atoms with Gasteiger partial charge in [-0.25, -0.2) is 0 Å². The van der Waals surface area contributed by atoms with Crippen LogP contribution < -0.4 is 10.5 Å². The number of alkyl halides is 6. The number of rotatable bonds is 5. The van der Waals surface area contributed by atoms with E-state index in [2.05, 4.69) is 30.9 Å². The lowest BCUT2D eigenvalue weighted by Crippen LogP contribution is -2.20. The summed E-state index contributed by atoms with van der Waals surface area (Å²) in [6, 6.07) is 10.8. The van der Waals surface area contributed by atoms with Crippen molar-refractivity contribution in [2.24, 2.45) is 15.9 Å². The molecule has 0 fully saturated rings. The van der Waals surface area contributed by atoms with Gasteiger partial charge in [-0.2, -0.15) is 18.3 Å². The third-order valence-corrected chi connectivity index (χ3v) is 4.63. The zero-order chi connectivity index (χ0) is 21.7. The Labute approximate surface area is 174 Å². The average Bonchev–Trinajstić information content (AvgIpc) is 2.61. The summed E-state index contributed by atoms with van der Waals surface area (Å²) in [6.07, 6.45) is -9.43. The predicted molar refractivity (Wildman–Crippen MR) is 103 cm³/mol. The van der Waals surface area contributed by atoms with Gasteiger partial charge in [-0.3, -0.25) is 0 Å². The molecular formula is C17H12BrF6N3OS. The van der Waals surface area contributed by atoms with E-state index in [1.807, 2.05) is 30.3 Å². The van der Waals surface area contributed by atoms with Gasteiger partial charge in [0.1, 0.15) is 0 Å². The number of halogens is 7. The molecule has 0 amide bonds. The van der Waals surface area contributed by atoms with E-state index < -0.39 is 28.3 Å². The van der Waals surface area contributed by atoms with E-state index in [0.29, 0.717) is 11.8 Å². The zero-order valence-electron chi connectivity index (χ0n) is 14.3. The van der Waals surface area contributed by atoms with Crippen molar-refractivity contribution < 1.29 is 31.1 Å². The van der Waals surface area contributed by atoms with Crippen LogP contribution in [-0.2, 0) is 11.9 Å². The standard InChI is InChI=1S/C17H12BrF6N3OS/c18-13-7-11(6-12(16(19,20)21)14(13)28-17(22,23)24)8-26-27-15(25)29-9-10-4-2-1-3-5-10/h1-8H,9H2,(H2,25,27). The summed E-state index contributed by atoms with van der Waals surface area (Å²) >= 11 is 3.83. The molecule has 0 radical (unpaired) electrons. The van der Waals surface area contributed by atoms with Crippen molar-refractivity contribution in [2.75, 3.05) is 0 Å². The lowest BCUT2D eigenvalue weighted by Gasteiger charge is -2.17. The van der Waals surface area contributed by atoms with E-state index in [9.17, 15) is 26.3 Å². The number of benzene rings is 2. The molecule has 4 nitrogen and oxygen atoms in total. The molecule has 0 saturated carbocycles. The molecule has 156 valence electrons. The van der Waals surface area contributed by atoms with E-state index in [0.717, 1.165) is 29.6 Å². The summed E-state index contributed by atoms with van der Waals surface area (Å²) in [5.41, 5.74) is 4.90. The minimum atomic E-state index is -5.28. The number of hydrogen-bond acceptors (Lipinski definition) is 4. The molecule has 0 heterocycles. The molecule has 0 spiro atoms. The number of nitrogens with two attached hydrogens (primary N) is 1. The maximum Gasteiger partial charge on any atom is 0.573 e. The summed E-state index contributed by atoms with van der Waals surface area (Å²) in [7, 11) is 0. The molecule has 0 unspecified atom stereocenters. The maximum atomic E-state index is 13.1. The predicted octanol–water partition coefficient (Wildman–Crippen LogP) is 5.95. The van der Waals surface area contributed by atoms with E-state index in [-0.39, 0.29) is 10.7 Å². The Morgan fingerprint density at radius 3 is 2.34 bits per heavy atom. The molecule has 2 rings (SSSR count). The minimum absolute atomic E-state index is 0.0669. The Hall–Kier alpha value is -2.21. The van der Waals surface area contributed by atoms with Crippen molar-refractivity contribution in [3.63, 3.8) is 0 Å². The number of thioether (sulfide) groups is 1. The van der Waals surface area contributed by atoms with Gasteiger partial charge >= 0.3 is 12.5 Å². The van der Waals surface area contributed by atoms with Crippen LogP contribution in [-0.4, -0.2) is 17.7 Å². The first kappa shape index (κ1) is 23.1. The van der Waals surface area contributed by atoms with Crippen molar-refractivity contribution in [3.05, 3.63) is 63.6 Å². The Morgan fingerprint density at radius 2 is 1.76 bits per heavy atom. The molecule has 0 aromatic heterocycles. The summed E-state index contributed by atoms with van der Waals surface area (Å²) in [5, 5.41) is 7.31. The summed E-state index contributed by atoms with van der Waals surface area (Å²) in [5.74, 6) is -0.873. The highest BCUT2D eigenvalue weighted by molar-refractivity contribution is 9.10. The third kappa shape index (κ3) is 7.61. The smallest absolute Gasteiger partial charge is 0.404 e. The summed E-state index contributed by atoms with van der Waals surface area (Å²) in [6.45, 7) is 0. The molecule has 2 aromatic carbocycles. The van der Waals surface area contributed by atoms with Crippen LogP contribution in [0.5, 0.6) is 5.75 Å². The largest absolute Gasteiger partial charge is 0.573 e. The topological polar surface area (TPSA) is 60.0 Å². The second-order valence-corrected chi connectivity index (χ2v) is 7.23. The molecule has 12 heteroatoms. The lowest BCUT2D eigenvalue weighted by molar-refractivity contribution is -0.276. The zero-order valence-corrected chi connectivity index (χ0v) is 16.7. The number of ether oxygens (including phenoxy) is 1. The van der Waals surface area contributed by atoms with E-state index >= 15 is 0 Å². The molecular weight excluding hydrogens is 488 g/mol. The molecule has 2 aromatic rings. The van der Waals surface area contributed by atoms with Crippen LogP contribution in [0.1, 0.15) is 16.7 Å². The van der Waals surface area contributed by atoms with E-state index in [4.69, 9.17) is 5.73 Å². The van der Waals surface area contributed by atoms with E-state index in [1.54, 1.807) is 0 Å². The Kier molecular flexibility index (Phi) is 7.58. The fourth-order valence-electron chi connectivity index (χ4n) is 2.03. The van der Waals surface area contributed by atoms with Crippen molar-refractivity contribution in [2.45, 2.75) is 18.3 Å². The van der Waals surface area contributed by atoms with Gasteiger partial charge in [0.2, 0.25) is 0 Å². The van der Waals surface area contributed by atoms with Gasteiger partial charge in [0, 0.05) is 5.75 Å². The molecule has 29 heavy (non-hydrogen) atoms. The van der Waals surface area contributed by atoms with Gasteiger partial charge in [-0.15, -0.1) is 18.3 Å². The van der Waals surface area contributed by atoms with Crippen molar-refractivity contribution in [1.82, 2.24) is 0 Å². The van der Waals surface area contributed by atoms with Crippen LogP contribution in [0.3, 0.4) is 0 Å². The third-order valence-electron chi connectivity index (χ3n) is 3.18. The van der Waals surface area contributed by atoms with Gasteiger partial charge < -0.3 is 10.5 Å². The van der Waals surface area contributed by atoms with Crippen molar-refractivity contribution in [3.8, 4) is 5.75 Å². The Morgan fingerprint density at radius 1 is 1.10 bits per heavy atom. The number of nitrogens with zero attached hydrogens (tertiary/aromatic N) is 2. The first-order valence-electron chi connectivity index (χ1n) is 7.65. The van der Waals surface area contributed by atoms with Crippen LogP contribution in [0.4, 0.5) is 26.3 Å². The van der Waals surface area contributed by atoms with Crippen molar-refractivity contribution >= 4 is 39.1 Å². The van der Waals surface area contributed by atoms with Crippen LogP contribution in [0.2, 0.25) is 0 Å².